The molecule has 126 valence electrons. The van der Waals surface area contributed by atoms with Gasteiger partial charge in [0.1, 0.15) is 0 Å². The lowest BCUT2D eigenvalue weighted by Crippen LogP contribution is -2.24. The second kappa shape index (κ2) is 7.12. The molecule has 0 aliphatic carbocycles. The third-order valence-corrected chi connectivity index (χ3v) is 3.74. The number of nitrogens with one attached hydrogen (secondary N) is 1. The Bertz CT molecular complexity index is 744. The van der Waals surface area contributed by atoms with Crippen molar-refractivity contribution in [2.45, 2.75) is 13.0 Å². The molecule has 0 aromatic heterocycles. The summed E-state index contributed by atoms with van der Waals surface area (Å²) in [6.45, 7) is 0.647. The molecule has 2 aromatic rings. The molecule has 0 saturated heterocycles. The molecule has 0 saturated carbocycles. The Kier molecular flexibility index (Phi) is 4.74. The molecule has 2 aromatic carbocycles. The summed E-state index contributed by atoms with van der Waals surface area (Å²) in [7, 11) is 3.17. The molecule has 1 aliphatic heterocycles. The molecule has 1 N–H and O–H groups in total. The molecule has 24 heavy (non-hydrogen) atoms. The quantitative estimate of drug-likeness (QED) is 0.881. The molecule has 6 nitrogen and oxygen atoms in total. The fourth-order valence-corrected chi connectivity index (χ4v) is 2.49. The van der Waals surface area contributed by atoms with Crippen molar-refractivity contribution < 1.29 is 23.7 Å². The van der Waals surface area contributed by atoms with Crippen molar-refractivity contribution in [3.63, 3.8) is 0 Å². The number of benzene rings is 2. The normalized spacial score (nSPS) is 11.9. The number of carbonyl (C=O) groups is 1. The summed E-state index contributed by atoms with van der Waals surface area (Å²) in [5, 5.41) is 2.90. The average molecular weight is 329 g/mol. The molecule has 0 radical (unpaired) electrons. The Morgan fingerprint density at radius 3 is 2.54 bits per heavy atom. The molecule has 0 spiro atoms. The van der Waals surface area contributed by atoms with Crippen LogP contribution in [-0.2, 0) is 17.8 Å². The van der Waals surface area contributed by atoms with Crippen LogP contribution in [0.5, 0.6) is 23.0 Å². The maximum absolute atomic E-state index is 12.1. The average Bonchev–Trinajstić information content (AvgIpc) is 3.07. The minimum atomic E-state index is -0.0661. The summed E-state index contributed by atoms with van der Waals surface area (Å²) in [5.74, 6) is 2.63. The zero-order valence-electron chi connectivity index (χ0n) is 13.6. The predicted octanol–water partition coefficient (Wildman–Crippen LogP) is 2.29. The van der Waals surface area contributed by atoms with Crippen LogP contribution in [0.4, 0.5) is 0 Å². The van der Waals surface area contributed by atoms with Crippen LogP contribution in [0.2, 0.25) is 0 Å². The van der Waals surface area contributed by atoms with Gasteiger partial charge in [0.25, 0.3) is 0 Å². The van der Waals surface area contributed by atoms with E-state index in [1.807, 2.05) is 36.4 Å². The van der Waals surface area contributed by atoms with Gasteiger partial charge in [-0.3, -0.25) is 4.79 Å². The van der Waals surface area contributed by atoms with Crippen molar-refractivity contribution >= 4 is 5.91 Å². The van der Waals surface area contributed by atoms with Crippen molar-refractivity contribution in [3.05, 3.63) is 47.5 Å². The lowest BCUT2D eigenvalue weighted by Gasteiger charge is -2.10. The van der Waals surface area contributed by atoms with Gasteiger partial charge in [0.2, 0.25) is 12.7 Å². The molecular weight excluding hydrogens is 310 g/mol. The highest BCUT2D eigenvalue weighted by Gasteiger charge is 2.14. The van der Waals surface area contributed by atoms with Crippen LogP contribution in [0.15, 0.2) is 36.4 Å². The first-order valence-electron chi connectivity index (χ1n) is 7.55. The van der Waals surface area contributed by atoms with Crippen molar-refractivity contribution in [2.24, 2.45) is 0 Å². The molecule has 1 amide bonds. The van der Waals surface area contributed by atoms with E-state index in [9.17, 15) is 4.79 Å². The number of ether oxygens (including phenoxy) is 4. The molecule has 0 atom stereocenters. The van der Waals surface area contributed by atoms with E-state index in [2.05, 4.69) is 5.32 Å². The molecule has 1 heterocycles. The summed E-state index contributed by atoms with van der Waals surface area (Å²) >= 11 is 0. The standard InChI is InChI=1S/C18H19NO5/c1-21-14-5-4-13(8-16(14)22-2)10-19-18(20)9-12-3-6-15-17(7-12)24-11-23-15/h3-8H,9-11H2,1-2H3,(H,19,20). The van der Waals surface area contributed by atoms with Gasteiger partial charge in [-0.15, -0.1) is 0 Å². The monoisotopic (exact) mass is 329 g/mol. The van der Waals surface area contributed by atoms with E-state index < -0.39 is 0 Å². The van der Waals surface area contributed by atoms with Crippen molar-refractivity contribution in [3.8, 4) is 23.0 Å². The van der Waals surface area contributed by atoms with Crippen LogP contribution < -0.4 is 24.3 Å². The van der Waals surface area contributed by atoms with E-state index in [-0.39, 0.29) is 19.1 Å². The van der Waals surface area contributed by atoms with E-state index in [0.29, 0.717) is 29.5 Å². The van der Waals surface area contributed by atoms with Gasteiger partial charge in [-0.05, 0) is 35.4 Å². The first-order chi connectivity index (χ1) is 11.7. The summed E-state index contributed by atoms with van der Waals surface area (Å²) in [4.78, 5) is 12.1. The van der Waals surface area contributed by atoms with Gasteiger partial charge in [0.05, 0.1) is 20.6 Å². The Labute approximate surface area is 140 Å². The summed E-state index contributed by atoms with van der Waals surface area (Å²) < 4.78 is 21.0. The number of hydrogen-bond donors (Lipinski definition) is 1. The van der Waals surface area contributed by atoms with Crippen LogP contribution in [0, 0.1) is 0 Å². The largest absolute Gasteiger partial charge is 0.493 e. The fourth-order valence-electron chi connectivity index (χ4n) is 2.49. The van der Waals surface area contributed by atoms with Gasteiger partial charge in [-0.1, -0.05) is 12.1 Å². The van der Waals surface area contributed by atoms with Gasteiger partial charge < -0.3 is 24.3 Å². The number of fused-ring (bicyclic) bond motifs is 1. The molecule has 6 heteroatoms. The predicted molar refractivity (Wildman–Crippen MR) is 87.7 cm³/mol. The van der Waals surface area contributed by atoms with Crippen LogP contribution in [-0.4, -0.2) is 26.9 Å². The first-order valence-corrected chi connectivity index (χ1v) is 7.55. The molecule has 3 rings (SSSR count). The van der Waals surface area contributed by atoms with E-state index in [4.69, 9.17) is 18.9 Å². The van der Waals surface area contributed by atoms with Gasteiger partial charge in [0, 0.05) is 6.54 Å². The maximum atomic E-state index is 12.1. The number of hydrogen-bond acceptors (Lipinski definition) is 5. The van der Waals surface area contributed by atoms with Crippen molar-refractivity contribution in [1.82, 2.24) is 5.32 Å². The Balaban J connectivity index is 1.57. The number of rotatable bonds is 6. The lowest BCUT2D eigenvalue weighted by atomic mass is 10.1. The Morgan fingerprint density at radius 1 is 1.00 bits per heavy atom. The topological polar surface area (TPSA) is 66.0 Å². The number of methoxy groups -OCH3 is 2. The van der Waals surface area contributed by atoms with Gasteiger partial charge in [-0.2, -0.15) is 0 Å². The van der Waals surface area contributed by atoms with Crippen LogP contribution in [0.25, 0.3) is 0 Å². The van der Waals surface area contributed by atoms with Gasteiger partial charge in [0.15, 0.2) is 23.0 Å². The first kappa shape index (κ1) is 16.0. The second-order valence-corrected chi connectivity index (χ2v) is 5.33. The fraction of sp³-hybridized carbons (Fsp3) is 0.278. The Hall–Kier alpha value is -2.89. The number of carbonyl (C=O) groups excluding carboxylic acids is 1. The molecule has 1 aliphatic rings. The third kappa shape index (κ3) is 3.53. The van der Waals surface area contributed by atoms with Crippen LogP contribution in [0.1, 0.15) is 11.1 Å². The third-order valence-electron chi connectivity index (χ3n) is 3.74. The second-order valence-electron chi connectivity index (χ2n) is 5.33. The highest BCUT2D eigenvalue weighted by atomic mass is 16.7. The lowest BCUT2D eigenvalue weighted by molar-refractivity contribution is -0.120. The van der Waals surface area contributed by atoms with E-state index >= 15 is 0 Å². The Morgan fingerprint density at radius 2 is 1.75 bits per heavy atom. The number of amides is 1. The summed E-state index contributed by atoms with van der Waals surface area (Å²) in [6, 6.07) is 11.1. The van der Waals surface area contributed by atoms with Crippen molar-refractivity contribution in [1.29, 1.82) is 0 Å². The molecule has 0 bridgehead atoms. The highest BCUT2D eigenvalue weighted by molar-refractivity contribution is 5.78. The van der Waals surface area contributed by atoms with E-state index in [1.54, 1.807) is 14.2 Å². The van der Waals surface area contributed by atoms with Crippen molar-refractivity contribution in [2.75, 3.05) is 21.0 Å². The smallest absolute Gasteiger partial charge is 0.231 e. The van der Waals surface area contributed by atoms with E-state index in [1.165, 1.54) is 0 Å². The highest BCUT2D eigenvalue weighted by Crippen LogP contribution is 2.32. The molecule has 0 fully saturated rings. The summed E-state index contributed by atoms with van der Waals surface area (Å²) in [6.07, 6.45) is 0.282. The zero-order valence-corrected chi connectivity index (χ0v) is 13.6. The van der Waals surface area contributed by atoms with Gasteiger partial charge >= 0.3 is 0 Å². The SMILES string of the molecule is COc1ccc(CNC(=O)Cc2ccc3c(c2)OCO3)cc1OC. The minimum Gasteiger partial charge on any atom is -0.493 e. The van der Waals surface area contributed by atoms with E-state index in [0.717, 1.165) is 11.1 Å². The van der Waals surface area contributed by atoms with Gasteiger partial charge in [-0.25, -0.2) is 0 Å². The minimum absolute atomic E-state index is 0.0661. The van der Waals surface area contributed by atoms with Crippen LogP contribution >= 0.6 is 0 Å². The molecule has 0 unspecified atom stereocenters. The van der Waals surface area contributed by atoms with Crippen LogP contribution in [0.3, 0.4) is 0 Å². The maximum Gasteiger partial charge on any atom is 0.231 e. The summed E-state index contributed by atoms with van der Waals surface area (Å²) in [5.41, 5.74) is 1.82. The molecular formula is C18H19NO5. The zero-order chi connectivity index (χ0) is 16.9.